The molecule has 0 bridgehead atoms. The summed E-state index contributed by atoms with van der Waals surface area (Å²) in [5, 5.41) is 5.47. The predicted molar refractivity (Wildman–Crippen MR) is 58.4 cm³/mol. The summed E-state index contributed by atoms with van der Waals surface area (Å²) in [4.78, 5) is 26.3. The van der Waals surface area contributed by atoms with Gasteiger partial charge in [-0.2, -0.15) is 0 Å². The van der Waals surface area contributed by atoms with Crippen molar-refractivity contribution in [2.45, 2.75) is 6.04 Å². The molecule has 1 fully saturated rings. The van der Waals surface area contributed by atoms with Gasteiger partial charge in [0, 0.05) is 6.20 Å². The van der Waals surface area contributed by atoms with Gasteiger partial charge in [0.05, 0.1) is 5.39 Å². The van der Waals surface area contributed by atoms with Crippen LogP contribution in [0.15, 0.2) is 22.7 Å². The molecule has 1 aliphatic heterocycles. The Labute approximate surface area is 99.9 Å². The van der Waals surface area contributed by atoms with Crippen LogP contribution in [0, 0.1) is 0 Å². The van der Waals surface area contributed by atoms with Crippen LogP contribution in [0.25, 0.3) is 11.0 Å². The number of carbonyl (C=O) groups is 2. The van der Waals surface area contributed by atoms with Crippen LogP contribution in [0.5, 0.6) is 0 Å². The second-order valence-electron chi connectivity index (χ2n) is 3.56. The number of carbonyl (C=O) groups excluding carboxylic acids is 2. The van der Waals surface area contributed by atoms with Crippen molar-refractivity contribution in [2.75, 3.05) is 0 Å². The van der Waals surface area contributed by atoms with Gasteiger partial charge in [0.25, 0.3) is 5.91 Å². The summed E-state index contributed by atoms with van der Waals surface area (Å²) < 4.78 is 5.45. The van der Waals surface area contributed by atoms with Gasteiger partial charge in [0.15, 0.2) is 6.04 Å². The number of pyridine rings is 1. The van der Waals surface area contributed by atoms with Crippen molar-refractivity contribution in [3.8, 4) is 0 Å². The summed E-state index contributed by atoms with van der Waals surface area (Å²) in [6.07, 6.45) is 1.51. The fourth-order valence-corrected chi connectivity index (χ4v) is 1.91. The molecule has 17 heavy (non-hydrogen) atoms. The molecule has 6 nitrogen and oxygen atoms in total. The normalized spacial score (nSPS) is 19.5. The second-order valence-corrected chi connectivity index (χ2v) is 3.92. The summed E-state index contributed by atoms with van der Waals surface area (Å²) in [6, 6.07) is 1.88. The minimum absolute atomic E-state index is 0.294. The molecule has 2 aromatic rings. The molecule has 1 unspecified atom stereocenters. The zero-order valence-electron chi connectivity index (χ0n) is 8.36. The lowest BCUT2D eigenvalue weighted by Crippen LogP contribution is -2.22. The molecule has 1 aliphatic rings. The molecule has 0 aromatic carbocycles. The summed E-state index contributed by atoms with van der Waals surface area (Å²) in [6.45, 7) is 0. The molecular formula is C10H6ClN3O3. The quantitative estimate of drug-likeness (QED) is 0.592. The number of nitrogens with zero attached hydrogens (tertiary/aromatic N) is 1. The molecule has 7 heteroatoms. The van der Waals surface area contributed by atoms with Gasteiger partial charge in [-0.05, 0) is 12.1 Å². The average molecular weight is 252 g/mol. The van der Waals surface area contributed by atoms with E-state index in [1.54, 1.807) is 12.1 Å². The standard InChI is InChI=1S/C10H6ClN3O3/c11-8-4-3-6(17-5(4)1-2-12-8)7-9(15)14-10(16)13-7/h1-3,7H,(H2,13,14,15,16). The SMILES string of the molecule is O=C1NC(=O)C(c2cc3c(Cl)nccc3o2)N1. The second kappa shape index (κ2) is 3.46. The van der Waals surface area contributed by atoms with E-state index >= 15 is 0 Å². The van der Waals surface area contributed by atoms with Gasteiger partial charge in [-0.25, -0.2) is 9.78 Å². The van der Waals surface area contributed by atoms with E-state index in [1.807, 2.05) is 0 Å². The van der Waals surface area contributed by atoms with Crippen molar-refractivity contribution >= 4 is 34.5 Å². The first-order valence-corrected chi connectivity index (χ1v) is 5.18. The van der Waals surface area contributed by atoms with E-state index < -0.39 is 18.0 Å². The highest BCUT2D eigenvalue weighted by molar-refractivity contribution is 6.34. The van der Waals surface area contributed by atoms with Gasteiger partial charge in [0.2, 0.25) is 0 Å². The summed E-state index contributed by atoms with van der Waals surface area (Å²) in [7, 11) is 0. The molecule has 3 rings (SSSR count). The Bertz CT molecular complexity index is 637. The van der Waals surface area contributed by atoms with E-state index in [2.05, 4.69) is 15.6 Å². The molecular weight excluding hydrogens is 246 g/mol. The largest absolute Gasteiger partial charge is 0.458 e. The van der Waals surface area contributed by atoms with Crippen molar-refractivity contribution < 1.29 is 14.0 Å². The number of aromatic nitrogens is 1. The third-order valence-corrected chi connectivity index (χ3v) is 2.78. The zero-order valence-corrected chi connectivity index (χ0v) is 9.12. The number of rotatable bonds is 1. The van der Waals surface area contributed by atoms with E-state index in [1.165, 1.54) is 6.20 Å². The van der Waals surface area contributed by atoms with Crippen molar-refractivity contribution in [3.63, 3.8) is 0 Å². The number of nitrogens with one attached hydrogen (secondary N) is 2. The minimum Gasteiger partial charge on any atom is -0.458 e. The highest BCUT2D eigenvalue weighted by atomic mass is 35.5. The van der Waals surface area contributed by atoms with Crippen molar-refractivity contribution in [3.05, 3.63) is 29.2 Å². The van der Waals surface area contributed by atoms with Crippen molar-refractivity contribution in [2.24, 2.45) is 0 Å². The first-order chi connectivity index (χ1) is 8.15. The van der Waals surface area contributed by atoms with E-state index in [0.717, 1.165) is 0 Å². The zero-order chi connectivity index (χ0) is 12.0. The van der Waals surface area contributed by atoms with Gasteiger partial charge in [-0.1, -0.05) is 11.6 Å². The Morgan fingerprint density at radius 2 is 2.24 bits per heavy atom. The number of furan rings is 1. The molecule has 3 heterocycles. The number of amides is 3. The van der Waals surface area contributed by atoms with Crippen LogP contribution in [0.1, 0.15) is 11.8 Å². The lowest BCUT2D eigenvalue weighted by atomic mass is 10.2. The summed E-state index contributed by atoms with van der Waals surface area (Å²) in [5.41, 5.74) is 0.522. The van der Waals surface area contributed by atoms with Crippen LogP contribution in [-0.4, -0.2) is 16.9 Å². The molecule has 2 aromatic heterocycles. The maximum absolute atomic E-state index is 11.4. The number of hydrogen-bond acceptors (Lipinski definition) is 4. The molecule has 3 amide bonds. The minimum atomic E-state index is -0.814. The highest BCUT2D eigenvalue weighted by Crippen LogP contribution is 2.28. The Hall–Kier alpha value is -2.08. The lowest BCUT2D eigenvalue weighted by Gasteiger charge is -2.00. The predicted octanol–water partition coefficient (Wildman–Crippen LogP) is 1.36. The maximum atomic E-state index is 11.4. The van der Waals surface area contributed by atoms with Gasteiger partial charge in [0.1, 0.15) is 16.5 Å². The molecule has 1 atom stereocenters. The van der Waals surface area contributed by atoms with Crippen LogP contribution in [0.2, 0.25) is 5.15 Å². The van der Waals surface area contributed by atoms with Crippen LogP contribution in [-0.2, 0) is 4.79 Å². The molecule has 2 N–H and O–H groups in total. The summed E-state index contributed by atoms with van der Waals surface area (Å²) in [5.74, 6) is -0.114. The first kappa shape index (κ1) is 10.1. The van der Waals surface area contributed by atoms with Crippen molar-refractivity contribution in [1.82, 2.24) is 15.6 Å². The van der Waals surface area contributed by atoms with Crippen LogP contribution < -0.4 is 10.6 Å². The Kier molecular flexibility index (Phi) is 2.05. The van der Waals surface area contributed by atoms with E-state index in [9.17, 15) is 9.59 Å². The monoisotopic (exact) mass is 251 g/mol. The third kappa shape index (κ3) is 1.53. The fraction of sp³-hybridized carbons (Fsp3) is 0.100. The molecule has 1 saturated heterocycles. The third-order valence-electron chi connectivity index (χ3n) is 2.47. The topological polar surface area (TPSA) is 84.2 Å². The molecule has 0 aliphatic carbocycles. The lowest BCUT2D eigenvalue weighted by molar-refractivity contribution is -0.120. The van der Waals surface area contributed by atoms with E-state index in [0.29, 0.717) is 21.9 Å². The van der Waals surface area contributed by atoms with Crippen molar-refractivity contribution in [1.29, 1.82) is 0 Å². The number of hydrogen-bond donors (Lipinski definition) is 2. The van der Waals surface area contributed by atoms with Gasteiger partial charge < -0.3 is 9.73 Å². The number of urea groups is 1. The number of halogens is 1. The maximum Gasteiger partial charge on any atom is 0.322 e. The molecule has 0 radical (unpaired) electrons. The van der Waals surface area contributed by atoms with E-state index in [4.69, 9.17) is 16.0 Å². The van der Waals surface area contributed by atoms with Gasteiger partial charge in [-0.15, -0.1) is 0 Å². The summed E-state index contributed by atoms with van der Waals surface area (Å²) >= 11 is 5.88. The van der Waals surface area contributed by atoms with Crippen LogP contribution in [0.3, 0.4) is 0 Å². The van der Waals surface area contributed by atoms with Crippen LogP contribution in [0.4, 0.5) is 4.79 Å². The van der Waals surface area contributed by atoms with E-state index in [-0.39, 0.29) is 0 Å². The average Bonchev–Trinajstić information content (AvgIpc) is 2.82. The molecule has 0 saturated carbocycles. The highest BCUT2D eigenvalue weighted by Gasteiger charge is 2.33. The molecule has 86 valence electrons. The Morgan fingerprint density at radius 3 is 2.88 bits per heavy atom. The Morgan fingerprint density at radius 1 is 1.41 bits per heavy atom. The number of fused-ring (bicyclic) bond motifs is 1. The first-order valence-electron chi connectivity index (χ1n) is 4.80. The van der Waals surface area contributed by atoms with Crippen LogP contribution >= 0.6 is 11.6 Å². The smallest absolute Gasteiger partial charge is 0.322 e. The van der Waals surface area contributed by atoms with Gasteiger partial charge >= 0.3 is 6.03 Å². The molecule has 0 spiro atoms. The number of imide groups is 1. The Balaban J connectivity index is 2.10. The van der Waals surface area contributed by atoms with Gasteiger partial charge in [-0.3, -0.25) is 10.1 Å². The fourth-order valence-electron chi connectivity index (χ4n) is 1.71.